The Morgan fingerprint density at radius 3 is 2.45 bits per heavy atom. The molecule has 0 spiro atoms. The highest BCUT2D eigenvalue weighted by atomic mass is 32.2. The van der Waals surface area contributed by atoms with Gasteiger partial charge in [-0.3, -0.25) is 0 Å². The number of halogens is 2. The van der Waals surface area contributed by atoms with Crippen molar-refractivity contribution in [3.8, 4) is 0 Å². The quantitative estimate of drug-likeness (QED) is 0.920. The van der Waals surface area contributed by atoms with Crippen molar-refractivity contribution in [1.82, 2.24) is 9.71 Å². The Hall–Kier alpha value is -1.80. The van der Waals surface area contributed by atoms with E-state index in [2.05, 4.69) is 9.71 Å². The van der Waals surface area contributed by atoms with Crippen LogP contribution in [-0.2, 0) is 16.6 Å². The molecule has 8 heteroatoms. The van der Waals surface area contributed by atoms with Gasteiger partial charge in [-0.05, 0) is 19.1 Å². The van der Waals surface area contributed by atoms with E-state index in [0.717, 1.165) is 24.3 Å². The predicted octanol–water partition coefficient (Wildman–Crippen LogP) is 2.40. The van der Waals surface area contributed by atoms with E-state index < -0.39 is 16.4 Å². The molecule has 5 nitrogen and oxygen atoms in total. The minimum Gasteiger partial charge on any atom is -0.447 e. The van der Waals surface area contributed by atoms with Crippen LogP contribution in [-0.4, -0.2) is 13.4 Å². The fourth-order valence-electron chi connectivity index (χ4n) is 1.53. The van der Waals surface area contributed by atoms with E-state index >= 15 is 0 Å². The summed E-state index contributed by atoms with van der Waals surface area (Å²) in [7, 11) is -3.78. The van der Waals surface area contributed by atoms with Gasteiger partial charge >= 0.3 is 0 Å². The van der Waals surface area contributed by atoms with Gasteiger partial charge in [-0.1, -0.05) is 12.1 Å². The molecule has 108 valence electrons. The van der Waals surface area contributed by atoms with E-state index in [1.54, 1.807) is 6.92 Å². The Morgan fingerprint density at radius 1 is 1.30 bits per heavy atom. The van der Waals surface area contributed by atoms with Crippen molar-refractivity contribution in [3.63, 3.8) is 0 Å². The van der Waals surface area contributed by atoms with E-state index in [-0.39, 0.29) is 17.0 Å². The predicted molar refractivity (Wildman–Crippen MR) is 66.7 cm³/mol. The third-order valence-corrected chi connectivity index (χ3v) is 4.13. The maximum Gasteiger partial charge on any atom is 0.263 e. The molecule has 0 saturated carbocycles. The molecule has 0 aliphatic heterocycles. The number of alkyl halides is 2. The molecule has 1 aromatic carbocycles. The van der Waals surface area contributed by atoms with Crippen LogP contribution in [0.5, 0.6) is 0 Å². The molecule has 0 atom stereocenters. The van der Waals surface area contributed by atoms with Gasteiger partial charge in [0, 0.05) is 5.56 Å². The van der Waals surface area contributed by atoms with Crippen molar-refractivity contribution in [3.05, 3.63) is 47.7 Å². The van der Waals surface area contributed by atoms with Gasteiger partial charge in [-0.25, -0.2) is 26.9 Å². The normalized spacial score (nSPS) is 12.0. The number of rotatable bonds is 5. The van der Waals surface area contributed by atoms with Crippen molar-refractivity contribution < 1.29 is 21.6 Å². The molecule has 1 aromatic heterocycles. The first-order valence-corrected chi connectivity index (χ1v) is 7.15. The molecular formula is C12H12F2N2O3S. The lowest BCUT2D eigenvalue weighted by molar-refractivity contribution is 0.151. The number of aryl methyl sites for hydroxylation is 1. The highest BCUT2D eigenvalue weighted by molar-refractivity contribution is 7.89. The van der Waals surface area contributed by atoms with E-state index in [1.807, 2.05) is 0 Å². The summed E-state index contributed by atoms with van der Waals surface area (Å²) in [5, 5.41) is 0. The van der Waals surface area contributed by atoms with E-state index in [1.165, 1.54) is 6.39 Å². The largest absolute Gasteiger partial charge is 0.447 e. The second-order valence-electron chi connectivity index (χ2n) is 4.06. The molecule has 0 radical (unpaired) electrons. The van der Waals surface area contributed by atoms with E-state index in [0.29, 0.717) is 11.5 Å². The molecule has 2 aromatic rings. The summed E-state index contributed by atoms with van der Waals surface area (Å²) in [5.41, 5.74) is 0.357. The Bertz CT molecular complexity index is 681. The van der Waals surface area contributed by atoms with Crippen LogP contribution in [0.3, 0.4) is 0 Å². The Labute approximate surface area is 114 Å². The number of nitrogens with zero attached hydrogens (tertiary/aromatic N) is 1. The minimum absolute atomic E-state index is 0.0508. The summed E-state index contributed by atoms with van der Waals surface area (Å²) in [4.78, 5) is 3.75. The molecule has 1 N–H and O–H groups in total. The van der Waals surface area contributed by atoms with Gasteiger partial charge in [0.1, 0.15) is 5.76 Å². The number of benzene rings is 1. The first-order chi connectivity index (χ1) is 9.40. The second kappa shape index (κ2) is 5.68. The van der Waals surface area contributed by atoms with Crippen molar-refractivity contribution in [2.75, 3.05) is 0 Å². The SMILES string of the molecule is Cc1ncoc1CNS(=O)(=O)c1ccc(C(F)F)cc1. The Kier molecular flexibility index (Phi) is 4.15. The maximum absolute atomic E-state index is 12.4. The zero-order valence-electron chi connectivity index (χ0n) is 10.5. The van der Waals surface area contributed by atoms with Gasteiger partial charge in [0.05, 0.1) is 17.1 Å². The van der Waals surface area contributed by atoms with E-state index in [9.17, 15) is 17.2 Å². The minimum atomic E-state index is -3.78. The number of aromatic nitrogens is 1. The van der Waals surface area contributed by atoms with Crippen LogP contribution in [0.1, 0.15) is 23.4 Å². The molecule has 1 heterocycles. The molecule has 0 aliphatic carbocycles. The highest BCUT2D eigenvalue weighted by Gasteiger charge is 2.16. The van der Waals surface area contributed by atoms with E-state index in [4.69, 9.17) is 4.42 Å². The molecule has 0 unspecified atom stereocenters. The Balaban J connectivity index is 2.12. The molecule has 0 amide bonds. The summed E-state index contributed by atoms with van der Waals surface area (Å²) in [6.45, 7) is 1.63. The van der Waals surface area contributed by atoms with Crippen molar-refractivity contribution in [2.24, 2.45) is 0 Å². The molecular weight excluding hydrogens is 290 g/mol. The zero-order chi connectivity index (χ0) is 14.8. The average Bonchev–Trinajstić information content (AvgIpc) is 2.82. The fourth-order valence-corrected chi connectivity index (χ4v) is 2.51. The van der Waals surface area contributed by atoms with Gasteiger partial charge in [-0.15, -0.1) is 0 Å². The first-order valence-electron chi connectivity index (χ1n) is 5.67. The first kappa shape index (κ1) is 14.6. The number of hydrogen-bond acceptors (Lipinski definition) is 4. The molecule has 2 rings (SSSR count). The second-order valence-corrected chi connectivity index (χ2v) is 5.82. The highest BCUT2D eigenvalue weighted by Crippen LogP contribution is 2.20. The van der Waals surface area contributed by atoms with Crippen LogP contribution >= 0.6 is 0 Å². The topological polar surface area (TPSA) is 72.2 Å². The monoisotopic (exact) mass is 302 g/mol. The number of hydrogen-bond donors (Lipinski definition) is 1. The van der Waals surface area contributed by atoms with Crippen molar-refractivity contribution >= 4 is 10.0 Å². The lowest BCUT2D eigenvalue weighted by Gasteiger charge is -2.06. The Morgan fingerprint density at radius 2 is 1.95 bits per heavy atom. The average molecular weight is 302 g/mol. The zero-order valence-corrected chi connectivity index (χ0v) is 11.3. The molecule has 0 aliphatic rings. The van der Waals surface area contributed by atoms with Crippen LogP contribution in [0.25, 0.3) is 0 Å². The summed E-state index contributed by atoms with van der Waals surface area (Å²) >= 11 is 0. The summed E-state index contributed by atoms with van der Waals surface area (Å²) in [5.74, 6) is 0.401. The standard InChI is InChI=1S/C12H12F2N2O3S/c1-8-11(19-7-15-8)6-16-20(17,18)10-4-2-9(3-5-10)12(13)14/h2-5,7,12,16H,6H2,1H3. The third-order valence-electron chi connectivity index (χ3n) is 2.71. The van der Waals surface area contributed by atoms with Crippen molar-refractivity contribution in [2.45, 2.75) is 24.8 Å². The molecule has 0 fully saturated rings. The van der Waals surface area contributed by atoms with Crippen LogP contribution in [0, 0.1) is 6.92 Å². The maximum atomic E-state index is 12.4. The van der Waals surface area contributed by atoms with Crippen LogP contribution in [0.15, 0.2) is 40.0 Å². The summed E-state index contributed by atoms with van der Waals surface area (Å²) in [6.07, 6.45) is -1.41. The molecule has 0 bridgehead atoms. The van der Waals surface area contributed by atoms with Crippen LogP contribution in [0.4, 0.5) is 8.78 Å². The van der Waals surface area contributed by atoms with Crippen molar-refractivity contribution in [1.29, 1.82) is 0 Å². The summed E-state index contributed by atoms with van der Waals surface area (Å²) in [6, 6.07) is 4.44. The number of sulfonamides is 1. The van der Waals surface area contributed by atoms with Crippen LogP contribution < -0.4 is 4.72 Å². The van der Waals surface area contributed by atoms with Gasteiger partial charge in [0.2, 0.25) is 10.0 Å². The molecule has 20 heavy (non-hydrogen) atoms. The smallest absolute Gasteiger partial charge is 0.263 e. The van der Waals surface area contributed by atoms with Gasteiger partial charge in [0.25, 0.3) is 6.43 Å². The van der Waals surface area contributed by atoms with Gasteiger partial charge in [0.15, 0.2) is 6.39 Å². The number of oxazole rings is 1. The summed E-state index contributed by atoms with van der Waals surface area (Å²) < 4.78 is 56.0. The fraction of sp³-hybridized carbons (Fsp3) is 0.250. The lowest BCUT2D eigenvalue weighted by Crippen LogP contribution is -2.23. The van der Waals surface area contributed by atoms with Crippen LogP contribution in [0.2, 0.25) is 0 Å². The van der Waals surface area contributed by atoms with Gasteiger partial charge < -0.3 is 4.42 Å². The molecule has 0 saturated heterocycles. The van der Waals surface area contributed by atoms with Gasteiger partial charge in [-0.2, -0.15) is 0 Å². The number of nitrogens with one attached hydrogen (secondary N) is 1. The third kappa shape index (κ3) is 3.20. The lowest BCUT2D eigenvalue weighted by atomic mass is 10.2.